The van der Waals surface area contributed by atoms with E-state index in [1.165, 1.54) is 32.9 Å². The molecule has 6 nitrogen and oxygen atoms in total. The molecule has 1 aliphatic heterocycles. The smallest absolute Gasteiger partial charge is 0.207 e. The molecule has 174 valence electrons. The van der Waals surface area contributed by atoms with Crippen LogP contribution in [-0.2, 0) is 33.1 Å². The summed E-state index contributed by atoms with van der Waals surface area (Å²) in [5.74, 6) is 0. The van der Waals surface area contributed by atoms with Gasteiger partial charge >= 0.3 is 0 Å². The second-order valence-corrected chi connectivity index (χ2v) is 12.3. The zero-order valence-corrected chi connectivity index (χ0v) is 20.4. The Kier molecular flexibility index (Phi) is 7.21. The summed E-state index contributed by atoms with van der Waals surface area (Å²) in [6.07, 6.45) is 1.68. The van der Waals surface area contributed by atoms with Crippen molar-refractivity contribution in [1.29, 1.82) is 0 Å². The molecule has 3 aromatic carbocycles. The first-order valence-corrected chi connectivity index (χ1v) is 13.9. The average Bonchev–Trinajstić information content (AvgIpc) is 3.37. The van der Waals surface area contributed by atoms with Crippen molar-refractivity contribution in [2.45, 2.75) is 35.7 Å². The summed E-state index contributed by atoms with van der Waals surface area (Å²) in [6, 6.07) is 21.9. The van der Waals surface area contributed by atoms with Gasteiger partial charge in [0.1, 0.15) is 0 Å². The first-order chi connectivity index (χ1) is 15.8. The highest BCUT2D eigenvalue weighted by molar-refractivity contribution is 7.89. The molecule has 4 rings (SSSR count). The van der Waals surface area contributed by atoms with Crippen molar-refractivity contribution in [3.63, 3.8) is 0 Å². The lowest BCUT2D eigenvalue weighted by Crippen LogP contribution is -2.30. The summed E-state index contributed by atoms with van der Waals surface area (Å²) in [6.45, 7) is 1.32. The summed E-state index contributed by atoms with van der Waals surface area (Å²) in [7, 11) is -7.51. The monoisotopic (exact) mass is 504 g/mol. The molecule has 0 aromatic heterocycles. The quantitative estimate of drug-likeness (QED) is 0.452. The standard InChI is InChI=1S/C24H25ClN2O4S2/c25-22-10-8-21(9-11-22)19-27(18-20-6-2-1-3-7-20)33(30,31)24-14-12-23(13-15-24)32(28,29)26-16-4-5-17-26/h1-3,6-15H,4-5,16-19H2. The third kappa shape index (κ3) is 5.47. The van der Waals surface area contributed by atoms with Crippen LogP contribution in [0.25, 0.3) is 0 Å². The van der Waals surface area contributed by atoms with Gasteiger partial charge in [-0.05, 0) is 60.4 Å². The van der Waals surface area contributed by atoms with Gasteiger partial charge in [0.25, 0.3) is 0 Å². The van der Waals surface area contributed by atoms with E-state index in [2.05, 4.69) is 0 Å². The van der Waals surface area contributed by atoms with E-state index in [0.717, 1.165) is 24.0 Å². The van der Waals surface area contributed by atoms with E-state index in [9.17, 15) is 16.8 Å². The fraction of sp³-hybridized carbons (Fsp3) is 0.250. The normalized spacial score (nSPS) is 15.2. The Morgan fingerprint density at radius 2 is 1.21 bits per heavy atom. The number of rotatable bonds is 8. The van der Waals surface area contributed by atoms with E-state index < -0.39 is 20.0 Å². The third-order valence-electron chi connectivity index (χ3n) is 5.64. The molecule has 0 amide bonds. The van der Waals surface area contributed by atoms with Gasteiger partial charge in [0.2, 0.25) is 20.0 Å². The van der Waals surface area contributed by atoms with Crippen molar-refractivity contribution in [3.05, 3.63) is 95.0 Å². The predicted molar refractivity (Wildman–Crippen MR) is 129 cm³/mol. The fourth-order valence-electron chi connectivity index (χ4n) is 3.82. The van der Waals surface area contributed by atoms with Crippen molar-refractivity contribution in [3.8, 4) is 0 Å². The van der Waals surface area contributed by atoms with Crippen LogP contribution in [0.4, 0.5) is 0 Å². The minimum Gasteiger partial charge on any atom is -0.207 e. The largest absolute Gasteiger partial charge is 0.243 e. The molecule has 9 heteroatoms. The molecule has 1 saturated heterocycles. The second kappa shape index (κ2) is 9.95. The molecular weight excluding hydrogens is 480 g/mol. The van der Waals surface area contributed by atoms with E-state index in [0.29, 0.717) is 18.1 Å². The molecule has 0 unspecified atom stereocenters. The minimum absolute atomic E-state index is 0.0489. The molecular formula is C24H25ClN2O4S2. The average molecular weight is 505 g/mol. The van der Waals surface area contributed by atoms with Crippen LogP contribution in [-0.4, -0.2) is 38.5 Å². The number of benzene rings is 3. The van der Waals surface area contributed by atoms with E-state index in [-0.39, 0.29) is 22.9 Å². The SMILES string of the molecule is O=S(=O)(c1ccc(S(=O)(=O)N(Cc2ccccc2)Cc2ccc(Cl)cc2)cc1)N1CCCC1. The third-order valence-corrected chi connectivity index (χ3v) is 9.61. The molecule has 0 radical (unpaired) electrons. The van der Waals surface area contributed by atoms with Crippen LogP contribution in [0.3, 0.4) is 0 Å². The first kappa shape index (κ1) is 23.9. The van der Waals surface area contributed by atoms with Crippen LogP contribution in [0.2, 0.25) is 5.02 Å². The van der Waals surface area contributed by atoms with Crippen molar-refractivity contribution >= 4 is 31.6 Å². The number of hydrogen-bond donors (Lipinski definition) is 0. The summed E-state index contributed by atoms with van der Waals surface area (Å²) >= 11 is 5.98. The Hall–Kier alpha value is -2.23. The van der Waals surface area contributed by atoms with Gasteiger partial charge in [0, 0.05) is 31.2 Å². The molecule has 1 aliphatic rings. The molecule has 1 heterocycles. The first-order valence-electron chi connectivity index (χ1n) is 10.7. The van der Waals surface area contributed by atoms with E-state index >= 15 is 0 Å². The molecule has 1 fully saturated rings. The van der Waals surface area contributed by atoms with Gasteiger partial charge in [0.15, 0.2) is 0 Å². The van der Waals surface area contributed by atoms with Crippen molar-refractivity contribution < 1.29 is 16.8 Å². The Bertz CT molecular complexity index is 1290. The molecule has 0 atom stereocenters. The molecule has 0 spiro atoms. The van der Waals surface area contributed by atoms with Gasteiger partial charge in [-0.2, -0.15) is 8.61 Å². The van der Waals surface area contributed by atoms with E-state index in [4.69, 9.17) is 11.6 Å². The summed E-state index contributed by atoms with van der Waals surface area (Å²) in [5.41, 5.74) is 1.65. The topological polar surface area (TPSA) is 74.8 Å². The Balaban J connectivity index is 1.64. The molecule has 0 N–H and O–H groups in total. The fourth-order valence-corrected chi connectivity index (χ4v) is 6.88. The van der Waals surface area contributed by atoms with Gasteiger partial charge in [-0.3, -0.25) is 0 Å². The minimum atomic E-state index is -3.90. The lowest BCUT2D eigenvalue weighted by molar-refractivity contribution is 0.401. The van der Waals surface area contributed by atoms with E-state index in [1.54, 1.807) is 24.3 Å². The van der Waals surface area contributed by atoms with Crippen LogP contribution in [0.15, 0.2) is 88.7 Å². The zero-order valence-electron chi connectivity index (χ0n) is 18.0. The maximum Gasteiger partial charge on any atom is 0.243 e. The lowest BCUT2D eigenvalue weighted by atomic mass is 10.2. The highest BCUT2D eigenvalue weighted by Gasteiger charge is 2.29. The highest BCUT2D eigenvalue weighted by Crippen LogP contribution is 2.25. The molecule has 33 heavy (non-hydrogen) atoms. The summed E-state index contributed by atoms with van der Waals surface area (Å²) in [5, 5.41) is 0.575. The van der Waals surface area contributed by atoms with Crippen LogP contribution >= 0.6 is 11.6 Å². The van der Waals surface area contributed by atoms with Gasteiger partial charge in [-0.15, -0.1) is 0 Å². The van der Waals surface area contributed by atoms with Crippen molar-refractivity contribution in [1.82, 2.24) is 8.61 Å². The lowest BCUT2D eigenvalue weighted by Gasteiger charge is -2.23. The molecule has 3 aromatic rings. The Morgan fingerprint density at radius 3 is 1.79 bits per heavy atom. The Labute approximate surface area is 200 Å². The van der Waals surface area contributed by atoms with Crippen LogP contribution in [0.5, 0.6) is 0 Å². The number of halogens is 1. The molecule has 0 saturated carbocycles. The van der Waals surface area contributed by atoms with Gasteiger partial charge in [0.05, 0.1) is 9.79 Å². The maximum absolute atomic E-state index is 13.6. The Morgan fingerprint density at radius 1 is 0.697 bits per heavy atom. The molecule has 0 aliphatic carbocycles. The van der Waals surface area contributed by atoms with Crippen molar-refractivity contribution in [2.75, 3.05) is 13.1 Å². The highest BCUT2D eigenvalue weighted by atomic mass is 35.5. The predicted octanol–water partition coefficient (Wildman–Crippen LogP) is 4.52. The van der Waals surface area contributed by atoms with Crippen LogP contribution in [0, 0.1) is 0 Å². The second-order valence-electron chi connectivity index (χ2n) is 7.97. The maximum atomic E-state index is 13.6. The van der Waals surface area contributed by atoms with E-state index in [1.807, 2.05) is 30.3 Å². The number of nitrogens with zero attached hydrogens (tertiary/aromatic N) is 2. The van der Waals surface area contributed by atoms with Crippen LogP contribution in [0.1, 0.15) is 24.0 Å². The molecule has 0 bridgehead atoms. The van der Waals surface area contributed by atoms with Gasteiger partial charge in [-0.25, -0.2) is 16.8 Å². The summed E-state index contributed by atoms with van der Waals surface area (Å²) in [4.78, 5) is 0.156. The number of hydrogen-bond acceptors (Lipinski definition) is 4. The number of sulfonamides is 2. The zero-order chi connectivity index (χ0) is 23.5. The van der Waals surface area contributed by atoms with Crippen LogP contribution < -0.4 is 0 Å². The van der Waals surface area contributed by atoms with Gasteiger partial charge in [-0.1, -0.05) is 54.1 Å². The van der Waals surface area contributed by atoms with Crippen molar-refractivity contribution in [2.24, 2.45) is 0 Å². The van der Waals surface area contributed by atoms with Gasteiger partial charge < -0.3 is 0 Å². The summed E-state index contributed by atoms with van der Waals surface area (Å²) < 4.78 is 55.5.